The molecule has 3 N–H and O–H groups in total. The number of carboxylic acid groups (broad SMARTS) is 2. The molecule has 1 aliphatic carbocycles. The predicted molar refractivity (Wildman–Crippen MR) is 99.4 cm³/mol. The van der Waals surface area contributed by atoms with Crippen molar-refractivity contribution in [3.63, 3.8) is 0 Å². The zero-order valence-electron chi connectivity index (χ0n) is 15.0. The first-order valence-corrected chi connectivity index (χ1v) is 8.61. The molecule has 26 heavy (non-hydrogen) atoms. The highest BCUT2D eigenvalue weighted by Crippen LogP contribution is 2.46. The van der Waals surface area contributed by atoms with Crippen molar-refractivity contribution in [2.75, 3.05) is 27.7 Å². The predicted octanol–water partition coefficient (Wildman–Crippen LogP) is 2.97. The van der Waals surface area contributed by atoms with Gasteiger partial charge in [0.05, 0.1) is 17.6 Å². The van der Waals surface area contributed by atoms with Gasteiger partial charge in [0.1, 0.15) is 0 Å². The molecule has 2 aromatic rings. The molecule has 0 radical (unpaired) electrons. The van der Waals surface area contributed by atoms with Crippen LogP contribution in [0.1, 0.15) is 29.9 Å². The number of rotatable bonds is 5. The lowest BCUT2D eigenvalue weighted by atomic mass is 10.0. The Morgan fingerprint density at radius 2 is 1.88 bits per heavy atom. The quantitative estimate of drug-likeness (QED) is 0.687. The molecule has 0 saturated heterocycles. The lowest BCUT2D eigenvalue weighted by Crippen LogP contribution is -2.15. The Hall–Kier alpha value is -2.25. The highest BCUT2D eigenvalue weighted by atomic mass is 35.5. The van der Waals surface area contributed by atoms with E-state index >= 15 is 0 Å². The van der Waals surface area contributed by atoms with Crippen molar-refractivity contribution in [3.05, 3.63) is 28.3 Å². The number of aromatic amines is 1. The molecular weight excluding hydrogens is 360 g/mol. The van der Waals surface area contributed by atoms with Crippen LogP contribution in [0, 0.1) is 0 Å². The van der Waals surface area contributed by atoms with Gasteiger partial charge in [-0.3, -0.25) is 0 Å². The Morgan fingerprint density at radius 1 is 1.27 bits per heavy atom. The smallest absolute Gasteiger partial charge is 0.414 e. The molecule has 0 spiro atoms. The second-order valence-electron chi connectivity index (χ2n) is 6.47. The lowest BCUT2D eigenvalue weighted by molar-refractivity contribution is -0.159. The average Bonchev–Trinajstić information content (AvgIpc) is 3.34. The molecule has 0 aliphatic heterocycles. The average molecular weight is 383 g/mol. The zero-order valence-corrected chi connectivity index (χ0v) is 15.8. The molecule has 1 heterocycles. The Balaban J connectivity index is 0.000000352. The van der Waals surface area contributed by atoms with Crippen molar-refractivity contribution in [1.82, 2.24) is 9.88 Å². The topological polar surface area (TPSA) is 103 Å². The van der Waals surface area contributed by atoms with Crippen LogP contribution in [0.3, 0.4) is 0 Å². The van der Waals surface area contributed by atoms with Crippen LogP contribution in [0.25, 0.3) is 10.9 Å². The molecular formula is C18H23ClN2O5. The van der Waals surface area contributed by atoms with E-state index in [1.807, 2.05) is 0 Å². The number of methoxy groups -OCH3 is 1. The lowest BCUT2D eigenvalue weighted by Gasteiger charge is -2.11. The van der Waals surface area contributed by atoms with E-state index in [1.54, 1.807) is 7.11 Å². The largest absolute Gasteiger partial charge is 0.482 e. The van der Waals surface area contributed by atoms with Gasteiger partial charge in [0.2, 0.25) is 0 Å². The number of hydrogen-bond acceptors (Lipinski definition) is 4. The van der Waals surface area contributed by atoms with Crippen molar-refractivity contribution < 1.29 is 24.5 Å². The summed E-state index contributed by atoms with van der Waals surface area (Å²) in [5.74, 6) is -2.14. The second kappa shape index (κ2) is 8.42. The second-order valence-corrected chi connectivity index (χ2v) is 6.84. The molecule has 3 rings (SSSR count). The molecule has 1 aromatic heterocycles. The van der Waals surface area contributed by atoms with Gasteiger partial charge in [-0.25, -0.2) is 9.59 Å². The maximum atomic E-state index is 9.10. The van der Waals surface area contributed by atoms with Crippen molar-refractivity contribution >= 4 is 34.4 Å². The Labute approximate surface area is 156 Å². The number of H-pyrrole nitrogens is 1. The molecule has 0 amide bonds. The van der Waals surface area contributed by atoms with Gasteiger partial charge in [-0.15, -0.1) is 0 Å². The summed E-state index contributed by atoms with van der Waals surface area (Å²) in [7, 11) is 5.87. The summed E-state index contributed by atoms with van der Waals surface area (Å²) < 4.78 is 5.50. The van der Waals surface area contributed by atoms with Gasteiger partial charge in [0.25, 0.3) is 0 Å². The zero-order chi connectivity index (χ0) is 19.4. The fraction of sp³-hybridized carbons (Fsp3) is 0.444. The first-order chi connectivity index (χ1) is 12.3. The Kier molecular flexibility index (Phi) is 6.50. The monoisotopic (exact) mass is 382 g/mol. The molecule has 142 valence electrons. The van der Waals surface area contributed by atoms with Crippen LogP contribution in [0.2, 0.25) is 5.02 Å². The number of fused-ring (bicyclic) bond motifs is 1. The molecule has 8 heteroatoms. The Morgan fingerprint density at radius 3 is 2.35 bits per heavy atom. The van der Waals surface area contributed by atoms with Crippen LogP contribution in [0.15, 0.2) is 12.1 Å². The first kappa shape index (κ1) is 20.1. The molecule has 1 fully saturated rings. The highest BCUT2D eigenvalue weighted by molar-refractivity contribution is 6.36. The summed E-state index contributed by atoms with van der Waals surface area (Å²) in [6.45, 7) is 0.979. The van der Waals surface area contributed by atoms with Crippen LogP contribution >= 0.6 is 11.6 Å². The number of carboxylic acids is 2. The van der Waals surface area contributed by atoms with Crippen molar-refractivity contribution in [3.8, 4) is 5.88 Å². The number of ether oxygens (including phenoxy) is 1. The van der Waals surface area contributed by atoms with E-state index < -0.39 is 11.9 Å². The normalized spacial score (nSPS) is 13.4. The maximum absolute atomic E-state index is 9.10. The van der Waals surface area contributed by atoms with Crippen molar-refractivity contribution in [1.29, 1.82) is 0 Å². The number of aliphatic carboxylic acids is 2. The van der Waals surface area contributed by atoms with Crippen molar-refractivity contribution in [2.45, 2.75) is 25.2 Å². The molecule has 0 unspecified atom stereocenters. The third kappa shape index (κ3) is 4.68. The standard InChI is InChI=1S/C16H21ClN2O.C2H2O4/c1-19(2)9-8-12-14-13(18-16(12)20-3)7-6-11(15(14)17)10-4-5-10;3-1(4)2(5)6/h6-7,10,18H,4-5,8-9H2,1-3H3;(H,3,4)(H,5,6). The van der Waals surface area contributed by atoms with Gasteiger partial charge in [0, 0.05) is 17.5 Å². The summed E-state index contributed by atoms with van der Waals surface area (Å²) in [5.41, 5.74) is 3.57. The number of hydrogen-bond donors (Lipinski definition) is 3. The van der Waals surface area contributed by atoms with Gasteiger partial charge in [0.15, 0.2) is 5.88 Å². The summed E-state index contributed by atoms with van der Waals surface area (Å²) in [5, 5.41) is 16.8. The van der Waals surface area contributed by atoms with Crippen LogP contribution in [0.4, 0.5) is 0 Å². The first-order valence-electron chi connectivity index (χ1n) is 8.24. The summed E-state index contributed by atoms with van der Waals surface area (Å²) in [4.78, 5) is 23.7. The minimum atomic E-state index is -1.82. The molecule has 0 atom stereocenters. The summed E-state index contributed by atoms with van der Waals surface area (Å²) >= 11 is 6.68. The maximum Gasteiger partial charge on any atom is 0.414 e. The number of nitrogens with one attached hydrogen (secondary N) is 1. The SMILES string of the molecule is COc1[nH]c2ccc(C3CC3)c(Cl)c2c1CCN(C)C.O=C(O)C(=O)O. The van der Waals surface area contributed by atoms with Gasteiger partial charge in [-0.1, -0.05) is 17.7 Å². The molecule has 7 nitrogen and oxygen atoms in total. The van der Waals surface area contributed by atoms with E-state index in [0.717, 1.165) is 34.8 Å². The minimum absolute atomic E-state index is 0.662. The van der Waals surface area contributed by atoms with E-state index in [-0.39, 0.29) is 0 Å². The minimum Gasteiger partial charge on any atom is -0.482 e. The Bertz CT molecular complexity index is 800. The van der Waals surface area contributed by atoms with Gasteiger partial charge in [-0.05, 0) is 50.9 Å². The summed E-state index contributed by atoms with van der Waals surface area (Å²) in [6.07, 6.45) is 3.46. The van der Waals surface area contributed by atoms with Crippen molar-refractivity contribution in [2.24, 2.45) is 0 Å². The fourth-order valence-electron chi connectivity index (χ4n) is 2.76. The molecule has 0 bridgehead atoms. The number of benzene rings is 1. The van der Waals surface area contributed by atoms with Crippen LogP contribution in [-0.2, 0) is 16.0 Å². The number of aromatic nitrogens is 1. The van der Waals surface area contributed by atoms with E-state index in [4.69, 9.17) is 36.1 Å². The van der Waals surface area contributed by atoms with Gasteiger partial charge >= 0.3 is 11.9 Å². The van der Waals surface area contributed by atoms with E-state index in [0.29, 0.717) is 5.92 Å². The van der Waals surface area contributed by atoms with Crippen LogP contribution in [0.5, 0.6) is 5.88 Å². The summed E-state index contributed by atoms with van der Waals surface area (Å²) in [6, 6.07) is 4.30. The fourth-order valence-corrected chi connectivity index (χ4v) is 3.19. The molecule has 1 aromatic carbocycles. The number of carbonyl (C=O) groups is 2. The molecule has 1 aliphatic rings. The third-order valence-corrected chi connectivity index (χ3v) is 4.62. The van der Waals surface area contributed by atoms with Gasteiger partial charge in [-0.2, -0.15) is 0 Å². The highest BCUT2D eigenvalue weighted by Gasteiger charge is 2.28. The van der Waals surface area contributed by atoms with Gasteiger partial charge < -0.3 is 24.8 Å². The third-order valence-electron chi connectivity index (χ3n) is 4.21. The van der Waals surface area contributed by atoms with Crippen LogP contribution in [-0.4, -0.2) is 59.8 Å². The van der Waals surface area contributed by atoms with E-state index in [1.165, 1.54) is 24.0 Å². The number of likely N-dealkylation sites (N-methyl/N-ethyl adjacent to an activating group) is 1. The number of halogens is 1. The van der Waals surface area contributed by atoms with E-state index in [9.17, 15) is 0 Å². The molecule has 1 saturated carbocycles. The van der Waals surface area contributed by atoms with E-state index in [2.05, 4.69) is 36.1 Å². The van der Waals surface area contributed by atoms with Crippen LogP contribution < -0.4 is 4.74 Å². The number of nitrogens with zero attached hydrogens (tertiary/aromatic N) is 1.